The van der Waals surface area contributed by atoms with E-state index in [-0.39, 0.29) is 0 Å². The molecule has 0 bridgehead atoms. The summed E-state index contributed by atoms with van der Waals surface area (Å²) < 4.78 is 2.97. The van der Waals surface area contributed by atoms with E-state index in [0.717, 1.165) is 10.3 Å². The molecule has 1 aromatic heterocycles. The van der Waals surface area contributed by atoms with Crippen molar-refractivity contribution in [3.05, 3.63) is 10.8 Å². The molecule has 0 spiro atoms. The lowest BCUT2D eigenvalue weighted by molar-refractivity contribution is 0.325. The fourth-order valence-electron chi connectivity index (χ4n) is 1.94. The second-order valence-corrected chi connectivity index (χ2v) is 4.38. The monoisotopic (exact) mass is 243 g/mol. The molecular weight excluding hydrogens is 230 g/mol. The molecule has 1 fully saturated rings. The first kappa shape index (κ1) is 9.06. The van der Waals surface area contributed by atoms with Gasteiger partial charge in [-0.15, -0.1) is 0 Å². The van der Waals surface area contributed by atoms with Crippen molar-refractivity contribution in [2.75, 3.05) is 5.73 Å². The molecule has 1 aliphatic carbocycles. The van der Waals surface area contributed by atoms with Crippen LogP contribution in [0, 0.1) is 0 Å². The van der Waals surface area contributed by atoms with Crippen LogP contribution in [0.2, 0.25) is 0 Å². The van der Waals surface area contributed by atoms with E-state index in [1.807, 2.05) is 4.68 Å². The van der Waals surface area contributed by atoms with Gasteiger partial charge in [-0.3, -0.25) is 4.68 Å². The Bertz CT molecular complexity index is 289. The van der Waals surface area contributed by atoms with Gasteiger partial charge < -0.3 is 5.73 Å². The molecular formula is C9H14BrN3. The molecule has 0 aromatic carbocycles. The summed E-state index contributed by atoms with van der Waals surface area (Å²) in [6, 6.07) is 0.556. The van der Waals surface area contributed by atoms with Crippen LogP contribution in [0.4, 0.5) is 5.69 Å². The molecule has 0 aliphatic heterocycles. The summed E-state index contributed by atoms with van der Waals surface area (Å²) in [5, 5.41) is 4.28. The van der Waals surface area contributed by atoms with Crippen molar-refractivity contribution in [1.29, 1.82) is 0 Å². The number of halogens is 1. The van der Waals surface area contributed by atoms with E-state index in [4.69, 9.17) is 5.73 Å². The van der Waals surface area contributed by atoms with Gasteiger partial charge in [-0.1, -0.05) is 19.3 Å². The largest absolute Gasteiger partial charge is 0.395 e. The van der Waals surface area contributed by atoms with E-state index in [2.05, 4.69) is 21.0 Å². The van der Waals surface area contributed by atoms with Crippen LogP contribution in [0.25, 0.3) is 0 Å². The Morgan fingerprint density at radius 3 is 2.62 bits per heavy atom. The Hall–Kier alpha value is -0.510. The standard InChI is InChI=1S/C9H14BrN3/c10-9-8(11)6-12-13(9)7-4-2-1-3-5-7/h6-7H,1-5,11H2. The fraction of sp³-hybridized carbons (Fsp3) is 0.667. The van der Waals surface area contributed by atoms with E-state index >= 15 is 0 Å². The number of anilines is 1. The normalized spacial score (nSPS) is 19.2. The third-order valence-corrected chi connectivity index (χ3v) is 3.50. The molecule has 0 amide bonds. The van der Waals surface area contributed by atoms with Gasteiger partial charge in [0.2, 0.25) is 0 Å². The van der Waals surface area contributed by atoms with Gasteiger partial charge in [-0.05, 0) is 28.8 Å². The van der Waals surface area contributed by atoms with Crippen molar-refractivity contribution in [3.8, 4) is 0 Å². The number of hydrogen-bond acceptors (Lipinski definition) is 2. The maximum atomic E-state index is 5.72. The van der Waals surface area contributed by atoms with Crippen molar-refractivity contribution in [2.45, 2.75) is 38.1 Å². The summed E-state index contributed by atoms with van der Waals surface area (Å²) in [6.45, 7) is 0. The lowest BCUT2D eigenvalue weighted by atomic mass is 9.96. The highest BCUT2D eigenvalue weighted by molar-refractivity contribution is 9.10. The van der Waals surface area contributed by atoms with Gasteiger partial charge in [-0.2, -0.15) is 5.10 Å². The highest BCUT2D eigenvalue weighted by Crippen LogP contribution is 2.31. The lowest BCUT2D eigenvalue weighted by Crippen LogP contribution is -2.14. The summed E-state index contributed by atoms with van der Waals surface area (Å²) in [5.74, 6) is 0. The van der Waals surface area contributed by atoms with Gasteiger partial charge >= 0.3 is 0 Å². The summed E-state index contributed by atoms with van der Waals surface area (Å²) >= 11 is 3.46. The third-order valence-electron chi connectivity index (χ3n) is 2.68. The molecule has 4 heteroatoms. The Morgan fingerprint density at radius 1 is 1.38 bits per heavy atom. The predicted molar refractivity (Wildman–Crippen MR) is 56.5 cm³/mol. The Morgan fingerprint density at radius 2 is 2.08 bits per heavy atom. The van der Waals surface area contributed by atoms with Crippen LogP contribution in [0.15, 0.2) is 10.8 Å². The fourth-order valence-corrected chi connectivity index (χ4v) is 2.42. The number of rotatable bonds is 1. The highest BCUT2D eigenvalue weighted by atomic mass is 79.9. The number of nitrogens with two attached hydrogens (primary N) is 1. The molecule has 3 nitrogen and oxygen atoms in total. The quantitative estimate of drug-likeness (QED) is 0.825. The van der Waals surface area contributed by atoms with Crippen LogP contribution in [0.1, 0.15) is 38.1 Å². The second-order valence-electron chi connectivity index (χ2n) is 3.63. The van der Waals surface area contributed by atoms with Crippen molar-refractivity contribution in [2.24, 2.45) is 0 Å². The van der Waals surface area contributed by atoms with Crippen LogP contribution in [-0.2, 0) is 0 Å². The second kappa shape index (κ2) is 3.70. The first-order valence-electron chi connectivity index (χ1n) is 4.77. The van der Waals surface area contributed by atoms with Crippen molar-refractivity contribution < 1.29 is 0 Å². The molecule has 13 heavy (non-hydrogen) atoms. The summed E-state index contributed by atoms with van der Waals surface area (Å²) in [7, 11) is 0. The third kappa shape index (κ3) is 1.73. The molecule has 0 saturated heterocycles. The molecule has 1 heterocycles. The first-order chi connectivity index (χ1) is 6.29. The van der Waals surface area contributed by atoms with E-state index in [9.17, 15) is 0 Å². The molecule has 0 atom stereocenters. The minimum Gasteiger partial charge on any atom is -0.395 e. The van der Waals surface area contributed by atoms with Crippen molar-refractivity contribution in [1.82, 2.24) is 9.78 Å². The molecule has 72 valence electrons. The van der Waals surface area contributed by atoms with Crippen LogP contribution in [0.3, 0.4) is 0 Å². The van der Waals surface area contributed by atoms with Crippen LogP contribution in [0.5, 0.6) is 0 Å². The molecule has 2 rings (SSSR count). The minimum absolute atomic E-state index is 0.556. The van der Waals surface area contributed by atoms with E-state index in [1.54, 1.807) is 6.20 Å². The zero-order valence-corrected chi connectivity index (χ0v) is 9.13. The van der Waals surface area contributed by atoms with Gasteiger partial charge in [0, 0.05) is 0 Å². The molecule has 1 saturated carbocycles. The average molecular weight is 244 g/mol. The van der Waals surface area contributed by atoms with E-state index < -0.39 is 0 Å². The average Bonchev–Trinajstić information content (AvgIpc) is 2.49. The molecule has 0 unspecified atom stereocenters. The molecule has 1 aromatic rings. The van der Waals surface area contributed by atoms with E-state index in [1.165, 1.54) is 32.1 Å². The van der Waals surface area contributed by atoms with Gasteiger partial charge in [0.15, 0.2) is 0 Å². The SMILES string of the molecule is Nc1cnn(C2CCCCC2)c1Br. The summed E-state index contributed by atoms with van der Waals surface area (Å²) in [4.78, 5) is 0. The number of hydrogen-bond donors (Lipinski definition) is 1. The molecule has 2 N–H and O–H groups in total. The minimum atomic E-state index is 0.556. The Labute approximate surface area is 86.4 Å². The van der Waals surface area contributed by atoms with Crippen molar-refractivity contribution >= 4 is 21.6 Å². The summed E-state index contributed by atoms with van der Waals surface area (Å²) in [6.07, 6.45) is 8.19. The van der Waals surface area contributed by atoms with Crippen LogP contribution < -0.4 is 5.73 Å². The van der Waals surface area contributed by atoms with Crippen molar-refractivity contribution in [3.63, 3.8) is 0 Å². The number of nitrogens with zero attached hydrogens (tertiary/aromatic N) is 2. The number of aromatic nitrogens is 2. The predicted octanol–water partition coefficient (Wildman–Crippen LogP) is 2.73. The van der Waals surface area contributed by atoms with Crippen LogP contribution in [-0.4, -0.2) is 9.78 Å². The Kier molecular flexibility index (Phi) is 2.58. The molecule has 1 aliphatic rings. The van der Waals surface area contributed by atoms with Crippen LogP contribution >= 0.6 is 15.9 Å². The van der Waals surface area contributed by atoms with Gasteiger partial charge in [0.1, 0.15) is 4.60 Å². The van der Waals surface area contributed by atoms with Gasteiger partial charge in [0.25, 0.3) is 0 Å². The summed E-state index contributed by atoms with van der Waals surface area (Å²) in [5.41, 5.74) is 6.46. The lowest BCUT2D eigenvalue weighted by Gasteiger charge is -2.22. The zero-order valence-electron chi connectivity index (χ0n) is 7.54. The van der Waals surface area contributed by atoms with Gasteiger partial charge in [0.05, 0.1) is 17.9 Å². The smallest absolute Gasteiger partial charge is 0.127 e. The number of nitrogen functional groups attached to an aromatic ring is 1. The maximum absolute atomic E-state index is 5.72. The zero-order chi connectivity index (χ0) is 9.26. The van der Waals surface area contributed by atoms with E-state index in [0.29, 0.717) is 6.04 Å². The topological polar surface area (TPSA) is 43.8 Å². The first-order valence-corrected chi connectivity index (χ1v) is 5.57. The Balaban J connectivity index is 2.18. The molecule has 0 radical (unpaired) electrons. The van der Waals surface area contributed by atoms with Gasteiger partial charge in [-0.25, -0.2) is 0 Å². The highest BCUT2D eigenvalue weighted by Gasteiger charge is 2.18. The maximum Gasteiger partial charge on any atom is 0.127 e.